The molecule has 0 aromatic heterocycles. The number of benzene rings is 3. The number of anilines is 2. The summed E-state index contributed by atoms with van der Waals surface area (Å²) in [7, 11) is -4.16. The first-order chi connectivity index (χ1) is 18.6. The van der Waals surface area contributed by atoms with Crippen molar-refractivity contribution in [2.24, 2.45) is 0 Å². The molecule has 1 atom stereocenters. The maximum atomic E-state index is 13.5. The highest BCUT2D eigenvalue weighted by atomic mass is 35.5. The van der Waals surface area contributed by atoms with Gasteiger partial charge in [-0.05, 0) is 61.7 Å². The number of carbonyl (C=O) groups is 1. The summed E-state index contributed by atoms with van der Waals surface area (Å²) in [6.07, 6.45) is 2.23. The van der Waals surface area contributed by atoms with Crippen LogP contribution in [-0.4, -0.2) is 54.4 Å². The van der Waals surface area contributed by atoms with Gasteiger partial charge in [-0.25, -0.2) is 8.42 Å². The molecule has 206 valence electrons. The number of nitro groups is 1. The van der Waals surface area contributed by atoms with E-state index < -0.39 is 33.5 Å². The molecule has 3 aromatic rings. The number of carbonyl (C=O) groups excluding carboxylic acids is 1. The van der Waals surface area contributed by atoms with Gasteiger partial charge in [-0.15, -0.1) is 0 Å². The third-order valence-corrected chi connectivity index (χ3v) is 8.96. The van der Waals surface area contributed by atoms with Gasteiger partial charge in [0.25, 0.3) is 11.6 Å². The SMILES string of the molecule is C[C@H](CO)N(Cc1ccccc1NC(=O)c1ccc(N2CCCC2)cc1Cl)S(=O)(=O)c1ccc([N+](=O)[O-])cc1. The van der Waals surface area contributed by atoms with E-state index in [-0.39, 0.29) is 22.7 Å². The van der Waals surface area contributed by atoms with Crippen LogP contribution >= 0.6 is 11.6 Å². The molecule has 10 nitrogen and oxygen atoms in total. The first-order valence-electron chi connectivity index (χ1n) is 12.4. The number of aliphatic hydroxyl groups is 1. The highest BCUT2D eigenvalue weighted by Gasteiger charge is 2.30. The fraction of sp³-hybridized carbons (Fsp3) is 0.296. The summed E-state index contributed by atoms with van der Waals surface area (Å²) in [5, 5.41) is 24.0. The summed E-state index contributed by atoms with van der Waals surface area (Å²) < 4.78 is 28.1. The molecule has 0 aliphatic carbocycles. The lowest BCUT2D eigenvalue weighted by Crippen LogP contribution is -2.40. The molecule has 0 bridgehead atoms. The first-order valence-corrected chi connectivity index (χ1v) is 14.2. The fourth-order valence-corrected chi connectivity index (χ4v) is 6.30. The van der Waals surface area contributed by atoms with Gasteiger partial charge in [0.2, 0.25) is 10.0 Å². The van der Waals surface area contributed by atoms with Crippen LogP contribution in [0.5, 0.6) is 0 Å². The molecular formula is C27H29ClN4O6S. The third-order valence-electron chi connectivity index (χ3n) is 6.67. The van der Waals surface area contributed by atoms with Crippen molar-refractivity contribution >= 4 is 44.6 Å². The van der Waals surface area contributed by atoms with Gasteiger partial charge in [0.15, 0.2) is 0 Å². The number of rotatable bonds is 10. The Balaban J connectivity index is 1.58. The average Bonchev–Trinajstić information content (AvgIpc) is 3.47. The normalized spacial score (nSPS) is 14.4. The van der Waals surface area contributed by atoms with E-state index in [9.17, 15) is 28.4 Å². The Morgan fingerprint density at radius 2 is 1.79 bits per heavy atom. The Bertz CT molecular complexity index is 1460. The molecule has 3 aromatic carbocycles. The van der Waals surface area contributed by atoms with Gasteiger partial charge < -0.3 is 15.3 Å². The second kappa shape index (κ2) is 12.1. The predicted molar refractivity (Wildman–Crippen MR) is 150 cm³/mol. The quantitative estimate of drug-likeness (QED) is 0.266. The van der Waals surface area contributed by atoms with Crippen LogP contribution in [-0.2, 0) is 16.6 Å². The van der Waals surface area contributed by atoms with Crippen LogP contribution in [0.4, 0.5) is 17.1 Å². The van der Waals surface area contributed by atoms with E-state index in [1.807, 2.05) is 6.07 Å². The molecule has 1 heterocycles. The molecule has 1 amide bonds. The van der Waals surface area contributed by atoms with E-state index in [2.05, 4.69) is 10.2 Å². The summed E-state index contributed by atoms with van der Waals surface area (Å²) in [4.78, 5) is 25.6. The largest absolute Gasteiger partial charge is 0.395 e. The van der Waals surface area contributed by atoms with Gasteiger partial charge >= 0.3 is 0 Å². The van der Waals surface area contributed by atoms with Gasteiger partial charge in [-0.3, -0.25) is 14.9 Å². The van der Waals surface area contributed by atoms with Crippen molar-refractivity contribution in [3.8, 4) is 0 Å². The van der Waals surface area contributed by atoms with Gasteiger partial charge in [-0.1, -0.05) is 29.8 Å². The van der Waals surface area contributed by atoms with E-state index in [1.54, 1.807) is 43.3 Å². The molecule has 1 saturated heterocycles. The molecule has 39 heavy (non-hydrogen) atoms. The molecule has 2 N–H and O–H groups in total. The first kappa shape index (κ1) is 28.5. The molecule has 0 radical (unpaired) electrons. The lowest BCUT2D eigenvalue weighted by molar-refractivity contribution is -0.384. The molecule has 4 rings (SSSR count). The van der Waals surface area contributed by atoms with Crippen molar-refractivity contribution in [2.45, 2.75) is 37.2 Å². The Morgan fingerprint density at radius 1 is 1.13 bits per heavy atom. The van der Waals surface area contributed by atoms with Crippen molar-refractivity contribution in [2.75, 3.05) is 29.9 Å². The highest BCUT2D eigenvalue weighted by molar-refractivity contribution is 7.89. The van der Waals surface area contributed by atoms with E-state index in [4.69, 9.17) is 11.6 Å². The van der Waals surface area contributed by atoms with Gasteiger partial charge in [0.1, 0.15) is 0 Å². The number of amides is 1. The van der Waals surface area contributed by atoms with E-state index in [1.165, 1.54) is 0 Å². The number of sulfonamides is 1. The summed E-state index contributed by atoms with van der Waals surface area (Å²) in [6.45, 7) is 2.81. The minimum absolute atomic E-state index is 0.153. The molecular weight excluding hydrogens is 544 g/mol. The average molecular weight is 573 g/mol. The number of non-ortho nitro benzene ring substituents is 1. The Hall–Kier alpha value is -3.51. The van der Waals surface area contributed by atoms with Crippen LogP contribution in [0.3, 0.4) is 0 Å². The van der Waals surface area contributed by atoms with Crippen molar-refractivity contribution in [3.63, 3.8) is 0 Å². The number of nitrogens with zero attached hydrogens (tertiary/aromatic N) is 3. The van der Waals surface area contributed by atoms with Crippen LogP contribution in [0, 0.1) is 10.1 Å². The second-order valence-corrected chi connectivity index (χ2v) is 11.6. The molecule has 12 heteroatoms. The van der Waals surface area contributed by atoms with Gasteiger partial charge in [0, 0.05) is 49.2 Å². The second-order valence-electron chi connectivity index (χ2n) is 9.30. The topological polar surface area (TPSA) is 133 Å². The van der Waals surface area contributed by atoms with Crippen LogP contribution in [0.2, 0.25) is 5.02 Å². The monoisotopic (exact) mass is 572 g/mol. The number of nitrogens with one attached hydrogen (secondary N) is 1. The van der Waals surface area contributed by atoms with Crippen molar-refractivity contribution in [1.82, 2.24) is 4.31 Å². The highest BCUT2D eigenvalue weighted by Crippen LogP contribution is 2.29. The molecule has 1 aliphatic rings. The summed E-state index contributed by atoms with van der Waals surface area (Å²) >= 11 is 6.47. The Kier molecular flexibility index (Phi) is 8.86. The summed E-state index contributed by atoms with van der Waals surface area (Å²) in [6, 6.07) is 15.8. The summed E-state index contributed by atoms with van der Waals surface area (Å²) in [5.74, 6) is -0.444. The van der Waals surface area contributed by atoms with Crippen molar-refractivity contribution < 1.29 is 23.2 Å². The number of aliphatic hydroxyl groups excluding tert-OH is 1. The van der Waals surface area contributed by atoms with Gasteiger partial charge in [0.05, 0.1) is 27.0 Å². The van der Waals surface area contributed by atoms with Crippen molar-refractivity contribution in [3.05, 3.63) is 93.0 Å². The third kappa shape index (κ3) is 6.39. The van der Waals surface area contributed by atoms with Crippen LogP contribution in [0.1, 0.15) is 35.7 Å². The number of halogens is 1. The summed E-state index contributed by atoms with van der Waals surface area (Å²) in [5.41, 5.74) is 1.88. The van der Waals surface area contributed by atoms with E-state index >= 15 is 0 Å². The Labute approximate surface area is 232 Å². The zero-order chi connectivity index (χ0) is 28.2. The minimum atomic E-state index is -4.16. The van der Waals surface area contributed by atoms with Crippen LogP contribution < -0.4 is 10.2 Å². The lowest BCUT2D eigenvalue weighted by Gasteiger charge is -2.28. The van der Waals surface area contributed by atoms with Crippen LogP contribution in [0.25, 0.3) is 0 Å². The number of hydrogen-bond donors (Lipinski definition) is 2. The molecule has 0 saturated carbocycles. The van der Waals surface area contributed by atoms with E-state index in [0.717, 1.165) is 60.2 Å². The van der Waals surface area contributed by atoms with Crippen molar-refractivity contribution in [1.29, 1.82) is 0 Å². The molecule has 1 aliphatic heterocycles. The zero-order valence-corrected chi connectivity index (χ0v) is 22.9. The Morgan fingerprint density at radius 3 is 2.41 bits per heavy atom. The molecule has 1 fully saturated rings. The maximum absolute atomic E-state index is 13.5. The van der Waals surface area contributed by atoms with Crippen LogP contribution in [0.15, 0.2) is 71.6 Å². The molecule has 0 spiro atoms. The number of para-hydroxylation sites is 1. The maximum Gasteiger partial charge on any atom is 0.269 e. The lowest BCUT2D eigenvalue weighted by atomic mass is 10.1. The van der Waals surface area contributed by atoms with Gasteiger partial charge in [-0.2, -0.15) is 4.31 Å². The predicted octanol–water partition coefficient (Wildman–Crippen LogP) is 4.67. The minimum Gasteiger partial charge on any atom is -0.395 e. The number of hydrogen-bond acceptors (Lipinski definition) is 7. The number of nitro benzene ring substituents is 1. The van der Waals surface area contributed by atoms with E-state index in [0.29, 0.717) is 16.3 Å². The zero-order valence-electron chi connectivity index (χ0n) is 21.3. The smallest absolute Gasteiger partial charge is 0.269 e. The standard InChI is InChI=1S/C27H29ClN4O6S/c1-19(18-33)31(39(37,38)23-11-8-21(9-12-23)32(35)36)17-20-6-2-3-7-26(20)29-27(34)24-13-10-22(16-25(24)28)30-14-4-5-15-30/h2-3,6-13,16,19,33H,4-5,14-15,17-18H2,1H3,(H,29,34)/t19-/m1/s1. The molecule has 0 unspecified atom stereocenters. The fourth-order valence-electron chi connectivity index (χ4n) is 4.44.